The number of phenolic OH excluding ortho intramolecular Hbond substituents is 1. The van der Waals surface area contributed by atoms with Gasteiger partial charge in [0.2, 0.25) is 0 Å². The quantitative estimate of drug-likeness (QED) is 0.139. The van der Waals surface area contributed by atoms with Gasteiger partial charge in [-0.25, -0.2) is 9.48 Å². The smallest absolute Gasteiger partial charge is 0.320 e. The second kappa shape index (κ2) is 14.5. The predicted octanol–water partition coefficient (Wildman–Crippen LogP) is 7.61. The molecule has 2 heterocycles. The molecule has 12 heteroatoms. The third-order valence-corrected chi connectivity index (χ3v) is 8.37. The summed E-state index contributed by atoms with van der Waals surface area (Å²) in [5.74, 6) is 1.33. The Morgan fingerprint density at radius 1 is 0.958 bits per heavy atom. The summed E-state index contributed by atoms with van der Waals surface area (Å²) in [6.45, 7) is 8.51. The molecule has 0 saturated carbocycles. The molecule has 0 atom stereocenters. The fourth-order valence-electron chi connectivity index (χ4n) is 5.02. The van der Waals surface area contributed by atoms with E-state index in [4.69, 9.17) is 32.7 Å². The molecule has 0 bridgehead atoms. The Morgan fingerprint density at radius 2 is 1.71 bits per heavy atom. The van der Waals surface area contributed by atoms with Gasteiger partial charge in [-0.05, 0) is 47.9 Å². The monoisotopic (exact) mass is 689 g/mol. The predicted molar refractivity (Wildman–Crippen MR) is 188 cm³/mol. The molecule has 0 fully saturated rings. The summed E-state index contributed by atoms with van der Waals surface area (Å²) >= 11 is 12.7. The molecule has 3 N–H and O–H groups in total. The lowest BCUT2D eigenvalue weighted by molar-refractivity contribution is 0.251. The molecule has 0 aliphatic heterocycles. The molecule has 2 aromatic heterocycles. The Kier molecular flexibility index (Phi) is 10.4. The van der Waals surface area contributed by atoms with Gasteiger partial charge >= 0.3 is 6.03 Å². The maximum Gasteiger partial charge on any atom is 0.320 e. The van der Waals surface area contributed by atoms with E-state index >= 15 is 0 Å². The molecule has 48 heavy (non-hydrogen) atoms. The number of hydrogen-bond donors (Lipinski definition) is 3. The number of carbonyl (C=O) groups excluding carboxylic acids is 1. The molecular formula is C36H37Cl2N5O5. The fraction of sp³-hybridized carbons (Fsp3) is 0.250. The first-order valence-electron chi connectivity index (χ1n) is 15.2. The fourth-order valence-corrected chi connectivity index (χ4v) is 5.43. The highest BCUT2D eigenvalue weighted by atomic mass is 35.5. The van der Waals surface area contributed by atoms with Crippen molar-refractivity contribution in [3.8, 4) is 22.9 Å². The first-order valence-corrected chi connectivity index (χ1v) is 16.0. The molecule has 0 aliphatic carbocycles. The van der Waals surface area contributed by atoms with Crippen molar-refractivity contribution in [3.63, 3.8) is 0 Å². The Hall–Kier alpha value is -4.93. The second-order valence-corrected chi connectivity index (χ2v) is 13.1. The highest BCUT2D eigenvalue weighted by Crippen LogP contribution is 2.29. The molecule has 5 rings (SSSR count). The minimum atomic E-state index is -0.437. The van der Waals surface area contributed by atoms with Gasteiger partial charge in [-0.15, -0.1) is 0 Å². The van der Waals surface area contributed by atoms with Crippen LogP contribution in [0.15, 0.2) is 83.7 Å². The van der Waals surface area contributed by atoms with Crippen molar-refractivity contribution in [3.05, 3.63) is 127 Å². The maximum atomic E-state index is 13.3. The van der Waals surface area contributed by atoms with Crippen molar-refractivity contribution in [1.29, 1.82) is 0 Å². The Balaban J connectivity index is 1.27. The zero-order valence-electron chi connectivity index (χ0n) is 27.3. The lowest BCUT2D eigenvalue weighted by Gasteiger charge is -2.16. The average molecular weight is 691 g/mol. The van der Waals surface area contributed by atoms with E-state index in [9.17, 15) is 14.7 Å². The van der Waals surface area contributed by atoms with E-state index in [1.165, 1.54) is 7.11 Å². The topological polar surface area (TPSA) is 120 Å². The molecule has 3 aromatic carbocycles. The van der Waals surface area contributed by atoms with E-state index in [-0.39, 0.29) is 47.2 Å². The molecule has 0 radical (unpaired) electrons. The van der Waals surface area contributed by atoms with Gasteiger partial charge in [0.15, 0.2) is 0 Å². The molecule has 2 amide bonds. The van der Waals surface area contributed by atoms with Crippen LogP contribution in [0.4, 0.5) is 10.6 Å². The van der Waals surface area contributed by atoms with Crippen molar-refractivity contribution in [2.45, 2.75) is 52.8 Å². The molecule has 10 nitrogen and oxygen atoms in total. The van der Waals surface area contributed by atoms with Crippen LogP contribution in [0.3, 0.4) is 0 Å². The summed E-state index contributed by atoms with van der Waals surface area (Å²) in [5.41, 5.74) is 3.85. The largest absolute Gasteiger partial charge is 0.508 e. The molecule has 0 spiro atoms. The summed E-state index contributed by atoms with van der Waals surface area (Å²) < 4.78 is 14.5. The average Bonchev–Trinajstić information content (AvgIpc) is 3.48. The highest BCUT2D eigenvalue weighted by Gasteiger charge is 2.22. The van der Waals surface area contributed by atoms with Crippen LogP contribution in [0.25, 0.3) is 5.69 Å². The number of methoxy groups -OCH3 is 1. The van der Waals surface area contributed by atoms with E-state index in [1.807, 2.05) is 64.1 Å². The zero-order chi connectivity index (χ0) is 34.6. The van der Waals surface area contributed by atoms with E-state index in [2.05, 4.69) is 15.7 Å². The number of halogens is 2. The van der Waals surface area contributed by atoms with Crippen LogP contribution in [-0.4, -0.2) is 32.6 Å². The number of benzene rings is 3. The van der Waals surface area contributed by atoms with Crippen molar-refractivity contribution < 1.29 is 19.4 Å². The number of ether oxygens (including phenoxy) is 2. The third kappa shape index (κ3) is 7.95. The number of nitrogens with zero attached hydrogens (tertiary/aromatic N) is 3. The Labute approximate surface area is 288 Å². The highest BCUT2D eigenvalue weighted by molar-refractivity contribution is 6.32. The number of pyridine rings is 1. The second-order valence-electron chi connectivity index (χ2n) is 12.3. The molecule has 0 saturated heterocycles. The van der Waals surface area contributed by atoms with Gasteiger partial charge in [0.25, 0.3) is 5.56 Å². The van der Waals surface area contributed by atoms with Gasteiger partial charge in [-0.2, -0.15) is 5.10 Å². The zero-order valence-corrected chi connectivity index (χ0v) is 28.8. The third-order valence-electron chi connectivity index (χ3n) is 7.71. The number of anilines is 1. The van der Waals surface area contributed by atoms with Crippen molar-refractivity contribution in [2.75, 3.05) is 12.4 Å². The number of urea groups is 1. The van der Waals surface area contributed by atoms with Gasteiger partial charge < -0.3 is 24.5 Å². The molecule has 0 unspecified atom stereocenters. The summed E-state index contributed by atoms with van der Waals surface area (Å²) in [6, 6.07) is 22.6. The number of amides is 2. The first kappa shape index (κ1) is 34.4. The van der Waals surface area contributed by atoms with Gasteiger partial charge in [0.05, 0.1) is 30.1 Å². The molecule has 250 valence electrons. The van der Waals surface area contributed by atoms with Crippen LogP contribution in [0.2, 0.25) is 10.0 Å². The number of hydrogen-bond acceptors (Lipinski definition) is 6. The first-order chi connectivity index (χ1) is 22.8. The van der Waals surface area contributed by atoms with Crippen LogP contribution in [0, 0.1) is 6.92 Å². The van der Waals surface area contributed by atoms with Crippen molar-refractivity contribution in [2.24, 2.45) is 0 Å². The number of nitrogens with one attached hydrogen (secondary N) is 2. The van der Waals surface area contributed by atoms with E-state index in [0.29, 0.717) is 28.0 Å². The van der Waals surface area contributed by atoms with Crippen LogP contribution in [0.1, 0.15) is 48.8 Å². The number of phenols is 1. The van der Waals surface area contributed by atoms with Gasteiger partial charge in [-0.3, -0.25) is 10.1 Å². The number of carbonyl (C=O) groups is 1. The SMILES string of the molecule is COc1cc(Cn2c(C)cc(OCc3ccccc3CNC(=O)Nc3cc(C(C)(C)C)nn3-c3cccc(O)c3)c(Cl)c2=O)ccc1Cl. The number of aromatic hydroxyl groups is 1. The molecule has 0 aliphatic rings. The molecule has 5 aromatic rings. The Bertz CT molecular complexity index is 2020. The normalized spacial score (nSPS) is 11.3. The summed E-state index contributed by atoms with van der Waals surface area (Å²) in [6.07, 6.45) is 0. The number of aryl methyl sites for hydroxylation is 1. The van der Waals surface area contributed by atoms with Crippen molar-refractivity contribution in [1.82, 2.24) is 19.7 Å². The maximum absolute atomic E-state index is 13.3. The lowest BCUT2D eigenvalue weighted by Crippen LogP contribution is -2.29. The number of rotatable bonds is 10. The summed E-state index contributed by atoms with van der Waals surface area (Å²) in [4.78, 5) is 26.4. The molecular weight excluding hydrogens is 653 g/mol. The Morgan fingerprint density at radius 3 is 2.42 bits per heavy atom. The van der Waals surface area contributed by atoms with Crippen LogP contribution >= 0.6 is 23.2 Å². The van der Waals surface area contributed by atoms with Gasteiger partial charge in [-0.1, -0.05) is 80.4 Å². The standard InChI is InChI=1S/C36H37Cl2N5O5/c1-22-15-30(33(38)34(45)42(22)20-23-13-14-28(37)29(16-23)47-5)48-21-25-10-7-6-9-24(25)19-39-35(46)40-32-18-31(36(2,3)4)41-43(32)26-11-8-12-27(44)17-26/h6-18,44H,19-21H2,1-5H3,(H2,39,40,46). The van der Waals surface area contributed by atoms with E-state index in [1.54, 1.807) is 51.7 Å². The van der Waals surface area contributed by atoms with Crippen LogP contribution in [-0.2, 0) is 25.1 Å². The lowest BCUT2D eigenvalue weighted by atomic mass is 9.92. The van der Waals surface area contributed by atoms with Gasteiger partial charge in [0.1, 0.15) is 34.7 Å². The van der Waals surface area contributed by atoms with E-state index < -0.39 is 6.03 Å². The van der Waals surface area contributed by atoms with Gasteiger partial charge in [0, 0.05) is 35.9 Å². The van der Waals surface area contributed by atoms with E-state index in [0.717, 1.165) is 22.4 Å². The summed E-state index contributed by atoms with van der Waals surface area (Å²) in [5, 5.41) is 20.9. The minimum absolute atomic E-state index is 0.0329. The van der Waals surface area contributed by atoms with Crippen LogP contribution < -0.4 is 25.7 Å². The number of aromatic nitrogens is 3. The van der Waals surface area contributed by atoms with Crippen molar-refractivity contribution >= 4 is 35.1 Å². The van der Waals surface area contributed by atoms with Crippen LogP contribution in [0.5, 0.6) is 17.2 Å². The summed E-state index contributed by atoms with van der Waals surface area (Å²) in [7, 11) is 1.54. The minimum Gasteiger partial charge on any atom is -0.508 e.